The zero-order valence-corrected chi connectivity index (χ0v) is 16.6. The van der Waals surface area contributed by atoms with Crippen molar-refractivity contribution in [2.24, 2.45) is 0 Å². The van der Waals surface area contributed by atoms with Crippen molar-refractivity contribution >= 4 is 29.2 Å². The summed E-state index contributed by atoms with van der Waals surface area (Å²) in [4.78, 5) is 39.2. The zero-order valence-electron chi connectivity index (χ0n) is 15.8. The Morgan fingerprint density at radius 2 is 1.96 bits per heavy atom. The molecule has 1 fully saturated rings. The second-order valence-electron chi connectivity index (χ2n) is 7.59. The van der Waals surface area contributed by atoms with Crippen molar-refractivity contribution < 1.29 is 14.4 Å². The number of imide groups is 1. The largest absolute Gasteiger partial charge is 0.344 e. The smallest absolute Gasteiger partial charge is 0.322 e. The monoisotopic (exact) mass is 397 g/mol. The van der Waals surface area contributed by atoms with Crippen molar-refractivity contribution in [2.45, 2.75) is 51.0 Å². The average molecular weight is 398 g/mol. The number of nitrogens with zero attached hydrogens (tertiary/aromatic N) is 1. The number of hydrogen-bond donors (Lipinski definition) is 2. The summed E-state index contributed by atoms with van der Waals surface area (Å²) in [6, 6.07) is 9.22. The number of amides is 4. The van der Waals surface area contributed by atoms with E-state index in [0.29, 0.717) is 18.4 Å². The van der Waals surface area contributed by atoms with Crippen molar-refractivity contribution in [2.75, 3.05) is 0 Å². The van der Waals surface area contributed by atoms with E-state index in [4.69, 9.17) is 0 Å². The molecule has 1 saturated heterocycles. The van der Waals surface area contributed by atoms with Gasteiger partial charge in [-0.05, 0) is 56.6 Å². The Balaban J connectivity index is 1.45. The first-order valence-corrected chi connectivity index (χ1v) is 10.5. The SMILES string of the molecule is CC1(CCc2ccccc2)NC(=O)N(NC(=O)c2csc3c2CCCC3)C1=O. The fourth-order valence-corrected chi connectivity index (χ4v) is 4.97. The minimum atomic E-state index is -1.03. The number of thiophene rings is 1. The Kier molecular flexibility index (Phi) is 4.93. The highest BCUT2D eigenvalue weighted by Gasteiger charge is 2.48. The lowest BCUT2D eigenvalue weighted by atomic mass is 9.93. The molecule has 2 aromatic rings. The van der Waals surface area contributed by atoms with Gasteiger partial charge in [-0.1, -0.05) is 30.3 Å². The molecule has 1 aromatic heterocycles. The Bertz CT molecular complexity index is 924. The summed E-state index contributed by atoms with van der Waals surface area (Å²) in [6.45, 7) is 1.70. The van der Waals surface area contributed by atoms with Crippen LogP contribution < -0.4 is 10.7 Å². The molecule has 6 nitrogen and oxygen atoms in total. The summed E-state index contributed by atoms with van der Waals surface area (Å²) < 4.78 is 0. The number of urea groups is 1. The van der Waals surface area contributed by atoms with Crippen LogP contribution in [0.1, 0.15) is 52.5 Å². The van der Waals surface area contributed by atoms with Crippen LogP contribution in [0.3, 0.4) is 0 Å². The Hall–Kier alpha value is -2.67. The van der Waals surface area contributed by atoms with Gasteiger partial charge in [-0.3, -0.25) is 15.0 Å². The second-order valence-corrected chi connectivity index (χ2v) is 8.55. The maximum Gasteiger partial charge on any atom is 0.344 e. The predicted molar refractivity (Wildman–Crippen MR) is 107 cm³/mol. The molecule has 2 aliphatic rings. The van der Waals surface area contributed by atoms with Crippen molar-refractivity contribution in [3.63, 3.8) is 0 Å². The molecule has 1 aromatic carbocycles. The molecule has 1 aliphatic heterocycles. The lowest BCUT2D eigenvalue weighted by Gasteiger charge is -2.21. The number of carbonyl (C=O) groups is 3. The van der Waals surface area contributed by atoms with Gasteiger partial charge in [0.2, 0.25) is 0 Å². The van der Waals surface area contributed by atoms with Gasteiger partial charge in [0.15, 0.2) is 0 Å². The van der Waals surface area contributed by atoms with E-state index in [0.717, 1.165) is 41.8 Å². The van der Waals surface area contributed by atoms with Gasteiger partial charge in [0.25, 0.3) is 11.8 Å². The van der Waals surface area contributed by atoms with E-state index >= 15 is 0 Å². The molecule has 0 saturated carbocycles. The molecule has 7 heteroatoms. The molecule has 146 valence electrons. The molecule has 4 rings (SSSR count). The molecule has 4 amide bonds. The predicted octanol–water partition coefficient (Wildman–Crippen LogP) is 3.22. The summed E-state index contributed by atoms with van der Waals surface area (Å²) >= 11 is 1.58. The maximum atomic E-state index is 12.9. The standard InChI is InChI=1S/C21H23N3O3S/c1-21(12-11-14-7-3-2-4-8-14)19(26)24(20(27)22-21)23-18(25)16-13-28-17-10-6-5-9-15(16)17/h2-4,7-8,13H,5-6,9-12H2,1H3,(H,22,27)(H,23,25). The highest BCUT2D eigenvalue weighted by atomic mass is 32.1. The number of carbonyl (C=O) groups excluding carboxylic acids is 3. The first-order valence-electron chi connectivity index (χ1n) is 9.59. The fourth-order valence-electron chi connectivity index (χ4n) is 3.84. The molecule has 1 aliphatic carbocycles. The van der Waals surface area contributed by atoms with Crippen LogP contribution in [-0.4, -0.2) is 28.4 Å². The van der Waals surface area contributed by atoms with Crippen LogP contribution in [-0.2, 0) is 24.1 Å². The summed E-state index contributed by atoms with van der Waals surface area (Å²) in [6.07, 6.45) is 5.18. The molecule has 1 atom stereocenters. The van der Waals surface area contributed by atoms with Crippen LogP contribution in [0.5, 0.6) is 0 Å². The van der Waals surface area contributed by atoms with Gasteiger partial charge in [-0.25, -0.2) is 4.79 Å². The number of aryl methyl sites for hydroxylation is 2. The lowest BCUT2D eigenvalue weighted by molar-refractivity contribution is -0.132. The van der Waals surface area contributed by atoms with Gasteiger partial charge in [0, 0.05) is 10.3 Å². The van der Waals surface area contributed by atoms with Gasteiger partial charge in [-0.2, -0.15) is 5.01 Å². The third kappa shape index (κ3) is 3.42. The van der Waals surface area contributed by atoms with Crippen LogP contribution in [0, 0.1) is 0 Å². The van der Waals surface area contributed by atoms with Crippen LogP contribution in [0.15, 0.2) is 35.7 Å². The van der Waals surface area contributed by atoms with E-state index in [1.54, 1.807) is 18.3 Å². The van der Waals surface area contributed by atoms with E-state index in [2.05, 4.69) is 10.7 Å². The fraction of sp³-hybridized carbons (Fsp3) is 0.381. The second kappa shape index (κ2) is 7.39. The lowest BCUT2D eigenvalue weighted by Crippen LogP contribution is -2.49. The number of fused-ring (bicyclic) bond motifs is 1. The summed E-state index contributed by atoms with van der Waals surface area (Å²) in [7, 11) is 0. The highest BCUT2D eigenvalue weighted by Crippen LogP contribution is 2.30. The van der Waals surface area contributed by atoms with Gasteiger partial charge < -0.3 is 5.32 Å². The number of benzene rings is 1. The number of rotatable bonds is 5. The first kappa shape index (κ1) is 18.7. The molecule has 0 radical (unpaired) electrons. The Morgan fingerprint density at radius 1 is 1.21 bits per heavy atom. The van der Waals surface area contributed by atoms with E-state index in [9.17, 15) is 14.4 Å². The summed E-state index contributed by atoms with van der Waals surface area (Å²) in [5.74, 6) is -0.818. The van der Waals surface area contributed by atoms with E-state index < -0.39 is 23.4 Å². The van der Waals surface area contributed by atoms with Crippen molar-refractivity contribution in [3.05, 3.63) is 57.3 Å². The third-order valence-electron chi connectivity index (χ3n) is 5.54. The van der Waals surface area contributed by atoms with Gasteiger partial charge in [0.1, 0.15) is 5.54 Å². The zero-order chi connectivity index (χ0) is 19.7. The maximum absolute atomic E-state index is 12.9. The van der Waals surface area contributed by atoms with Gasteiger partial charge >= 0.3 is 6.03 Å². The quantitative estimate of drug-likeness (QED) is 0.761. The molecule has 2 heterocycles. The Morgan fingerprint density at radius 3 is 2.75 bits per heavy atom. The minimum Gasteiger partial charge on any atom is -0.322 e. The van der Waals surface area contributed by atoms with Crippen molar-refractivity contribution in [1.29, 1.82) is 0 Å². The van der Waals surface area contributed by atoms with E-state index in [1.807, 2.05) is 35.7 Å². The molecular weight excluding hydrogens is 374 g/mol. The first-order chi connectivity index (χ1) is 13.5. The van der Waals surface area contributed by atoms with Gasteiger partial charge in [-0.15, -0.1) is 11.3 Å². The molecule has 2 N–H and O–H groups in total. The number of hydrogen-bond acceptors (Lipinski definition) is 4. The van der Waals surface area contributed by atoms with Crippen LogP contribution in [0.2, 0.25) is 0 Å². The number of hydrazine groups is 1. The number of nitrogens with one attached hydrogen (secondary N) is 2. The van der Waals surface area contributed by atoms with Crippen molar-refractivity contribution in [1.82, 2.24) is 15.8 Å². The molecular formula is C21H23N3O3S. The third-order valence-corrected chi connectivity index (χ3v) is 6.63. The van der Waals surface area contributed by atoms with E-state index in [1.165, 1.54) is 4.88 Å². The molecule has 0 spiro atoms. The average Bonchev–Trinajstić information content (AvgIpc) is 3.22. The Labute approximate surface area is 167 Å². The molecule has 28 heavy (non-hydrogen) atoms. The van der Waals surface area contributed by atoms with Crippen LogP contribution >= 0.6 is 11.3 Å². The van der Waals surface area contributed by atoms with Crippen LogP contribution in [0.4, 0.5) is 4.79 Å². The normalized spacial score (nSPS) is 21.4. The van der Waals surface area contributed by atoms with Gasteiger partial charge in [0.05, 0.1) is 5.56 Å². The molecule has 0 bridgehead atoms. The summed E-state index contributed by atoms with van der Waals surface area (Å²) in [5.41, 5.74) is 4.23. The van der Waals surface area contributed by atoms with E-state index in [-0.39, 0.29) is 0 Å². The van der Waals surface area contributed by atoms with Crippen molar-refractivity contribution in [3.8, 4) is 0 Å². The molecule has 1 unspecified atom stereocenters. The summed E-state index contributed by atoms with van der Waals surface area (Å²) in [5, 5.41) is 5.40. The topological polar surface area (TPSA) is 78.5 Å². The van der Waals surface area contributed by atoms with Crippen LogP contribution in [0.25, 0.3) is 0 Å². The minimum absolute atomic E-state index is 0.393. The highest BCUT2D eigenvalue weighted by molar-refractivity contribution is 7.10.